The highest BCUT2D eigenvalue weighted by atomic mass is 28.4. The number of nitro groups is 1. The molecule has 0 saturated carbocycles. The minimum atomic E-state index is -2.21. The van der Waals surface area contributed by atoms with Crippen LogP contribution in [0.1, 0.15) is 112 Å². The number of hydrogen-bond acceptors (Lipinski definition) is 13. The summed E-state index contributed by atoms with van der Waals surface area (Å²) in [4.78, 5) is 51.0. The van der Waals surface area contributed by atoms with Crippen LogP contribution in [-0.4, -0.2) is 93.4 Å². The fourth-order valence-corrected chi connectivity index (χ4v) is 11.6. The normalized spacial score (nSPS) is 25.7. The van der Waals surface area contributed by atoms with E-state index in [0.29, 0.717) is 38.0 Å². The Labute approximate surface area is 399 Å². The highest BCUT2D eigenvalue weighted by Crippen LogP contribution is 2.38. The molecular weight excluding hydrogens is 875 g/mol. The fraction of sp³-hybridized carbons (Fsp3) is 0.596. The second-order valence-corrected chi connectivity index (χ2v) is 22.8. The number of nitrogens with zero attached hydrogens (tertiary/aromatic N) is 1. The Balaban J connectivity index is 1.57. The molecule has 0 spiro atoms. The fourth-order valence-electron chi connectivity index (χ4n) is 8.67. The molecule has 0 N–H and O–H groups in total. The summed E-state index contributed by atoms with van der Waals surface area (Å²) in [5.41, 5.74) is 0.0800. The Kier molecular flexibility index (Phi) is 21.9. The average molecular weight is 950 g/mol. The maximum absolute atomic E-state index is 14.0. The molecule has 2 aromatic carbocycles. The first-order valence-corrected chi connectivity index (χ1v) is 26.7. The van der Waals surface area contributed by atoms with E-state index in [2.05, 4.69) is 40.7 Å². The lowest BCUT2D eigenvalue weighted by atomic mass is 9.88. The van der Waals surface area contributed by atoms with Crippen LogP contribution in [0.4, 0.5) is 10.5 Å². The number of cyclic esters (lactones) is 1. The third-order valence-electron chi connectivity index (χ3n) is 13.2. The number of epoxide rings is 1. The van der Waals surface area contributed by atoms with Crippen LogP contribution in [0.3, 0.4) is 0 Å². The van der Waals surface area contributed by atoms with Crippen LogP contribution < -0.4 is 4.74 Å². The van der Waals surface area contributed by atoms with Gasteiger partial charge >= 0.3 is 18.1 Å². The molecule has 0 amide bonds. The van der Waals surface area contributed by atoms with Crippen LogP contribution in [0, 0.1) is 27.9 Å². The summed E-state index contributed by atoms with van der Waals surface area (Å²) in [7, 11) is -2.21. The number of esters is 2. The first kappa shape index (κ1) is 54.9. The third kappa shape index (κ3) is 16.8. The quantitative estimate of drug-likeness (QED) is 0.00985. The molecule has 2 heterocycles. The van der Waals surface area contributed by atoms with Gasteiger partial charge in [-0.05, 0) is 106 Å². The topological polar surface area (TPSA) is 171 Å². The molecule has 370 valence electrons. The molecule has 2 aromatic rings. The van der Waals surface area contributed by atoms with Crippen molar-refractivity contribution in [2.75, 3.05) is 19.8 Å². The van der Waals surface area contributed by atoms with Crippen molar-refractivity contribution in [3.05, 3.63) is 106 Å². The maximum atomic E-state index is 14.0. The Bertz CT molecular complexity index is 1960. The van der Waals surface area contributed by atoms with Crippen molar-refractivity contribution in [3.63, 3.8) is 0 Å². The summed E-state index contributed by atoms with van der Waals surface area (Å²) in [6.07, 6.45) is 8.57. The van der Waals surface area contributed by atoms with E-state index in [1.807, 2.05) is 71.0 Å². The largest absolute Gasteiger partial charge is 0.514 e. The number of carbonyl (C=O) groups is 3. The van der Waals surface area contributed by atoms with Gasteiger partial charge in [0.25, 0.3) is 5.69 Å². The summed E-state index contributed by atoms with van der Waals surface area (Å²) in [6, 6.07) is 16.8. The zero-order chi connectivity index (χ0) is 49.1. The van der Waals surface area contributed by atoms with Gasteiger partial charge in [-0.25, -0.2) is 9.59 Å². The number of rotatable bonds is 23. The number of carbonyl (C=O) groups excluding carboxylic acids is 3. The van der Waals surface area contributed by atoms with E-state index in [9.17, 15) is 24.5 Å². The van der Waals surface area contributed by atoms with Crippen LogP contribution in [0.5, 0.6) is 5.75 Å². The third-order valence-corrected chi connectivity index (χ3v) is 17.9. The molecule has 10 atom stereocenters. The number of non-ortho nitro benzene ring substituents is 1. The molecule has 0 bridgehead atoms. The molecule has 15 heteroatoms. The smallest absolute Gasteiger partial charge is 0.458 e. The summed E-state index contributed by atoms with van der Waals surface area (Å²) < 4.78 is 49.1. The zero-order valence-corrected chi connectivity index (χ0v) is 42.3. The number of hydrogen-bond donors (Lipinski definition) is 0. The number of ether oxygens (including phenoxy) is 7. The van der Waals surface area contributed by atoms with Gasteiger partial charge in [0.2, 0.25) is 0 Å². The zero-order valence-electron chi connectivity index (χ0n) is 41.3. The molecule has 2 aliphatic heterocycles. The van der Waals surface area contributed by atoms with E-state index in [-0.39, 0.29) is 72.5 Å². The van der Waals surface area contributed by atoms with Crippen molar-refractivity contribution in [1.82, 2.24) is 0 Å². The SMILES string of the molecule is CCOCCOC1(C)CCC(O[Si](CC)(CC)CC)CC(=O)OC(/C(C)=C/C=C/C(C)CC2OC2C(C)C(CC)OC(=O)c2ccccc2)C(C)/C=C/C1OC(=O)Oc1ccc([N+](=O)[O-])cc1. The predicted molar refractivity (Wildman–Crippen MR) is 259 cm³/mol. The summed E-state index contributed by atoms with van der Waals surface area (Å²) in [5, 5.41) is 11.2. The first-order valence-electron chi connectivity index (χ1n) is 24.2. The monoisotopic (exact) mass is 950 g/mol. The predicted octanol–water partition coefficient (Wildman–Crippen LogP) is 11.5. The lowest BCUT2D eigenvalue weighted by Crippen LogP contribution is -2.47. The molecule has 0 aromatic heterocycles. The lowest BCUT2D eigenvalue weighted by Gasteiger charge is -2.39. The highest BCUT2D eigenvalue weighted by molar-refractivity contribution is 6.73. The van der Waals surface area contributed by atoms with Crippen LogP contribution in [0.15, 0.2) is 90.6 Å². The van der Waals surface area contributed by atoms with Crippen molar-refractivity contribution in [1.29, 1.82) is 0 Å². The van der Waals surface area contributed by atoms with Crippen molar-refractivity contribution >= 4 is 32.1 Å². The van der Waals surface area contributed by atoms with Gasteiger partial charge in [0.15, 0.2) is 14.4 Å². The molecular formula is C52H75NO13Si. The van der Waals surface area contributed by atoms with Gasteiger partial charge in [-0.1, -0.05) is 91.0 Å². The standard InChI is InChI=1S/C52H75NO13Si/c1-11-44(63-50(55)40-22-17-16-18-23-40)39(9)49-45(62-49)34-36(6)20-19-21-37(7)48-38(8)24-29-46(64-51(56)61-42-27-25-41(26-28-42)53(57)58)52(10,60-33-32-59-12-2)31-30-43(35-47(54)65-48)66-67(13-3,14-4)15-5/h16-29,36,38-39,43-46,48-49H,11-15,30-35H2,1-10H3/b20-19+,29-24+,37-21+. The van der Waals surface area contributed by atoms with Crippen LogP contribution >= 0.6 is 0 Å². The van der Waals surface area contributed by atoms with Crippen molar-refractivity contribution in [2.24, 2.45) is 17.8 Å². The van der Waals surface area contributed by atoms with Gasteiger partial charge in [0.05, 0.1) is 48.4 Å². The van der Waals surface area contributed by atoms with Gasteiger partial charge in [0, 0.05) is 30.6 Å². The van der Waals surface area contributed by atoms with Gasteiger partial charge in [-0.15, -0.1) is 0 Å². The molecule has 1 saturated heterocycles. The van der Waals surface area contributed by atoms with Gasteiger partial charge in [0.1, 0.15) is 23.6 Å². The molecule has 14 nitrogen and oxygen atoms in total. The Morgan fingerprint density at radius 3 is 2.30 bits per heavy atom. The first-order chi connectivity index (χ1) is 32.0. The van der Waals surface area contributed by atoms with Crippen molar-refractivity contribution < 1.29 is 56.9 Å². The molecule has 67 heavy (non-hydrogen) atoms. The lowest BCUT2D eigenvalue weighted by molar-refractivity contribution is -0.384. The van der Waals surface area contributed by atoms with E-state index in [4.69, 9.17) is 37.6 Å². The summed E-state index contributed by atoms with van der Waals surface area (Å²) >= 11 is 0. The second-order valence-electron chi connectivity index (χ2n) is 18.1. The van der Waals surface area contributed by atoms with Crippen molar-refractivity contribution in [3.8, 4) is 5.75 Å². The Morgan fingerprint density at radius 1 is 0.985 bits per heavy atom. The summed E-state index contributed by atoms with van der Waals surface area (Å²) in [5.74, 6) is -0.799. The number of allylic oxidation sites excluding steroid dienone is 3. The van der Waals surface area contributed by atoms with E-state index in [1.165, 1.54) is 24.3 Å². The second kappa shape index (κ2) is 26.8. The van der Waals surface area contributed by atoms with Crippen LogP contribution in [-0.2, 0) is 37.6 Å². The molecule has 10 unspecified atom stereocenters. The van der Waals surface area contributed by atoms with E-state index in [1.54, 1.807) is 18.2 Å². The van der Waals surface area contributed by atoms with E-state index >= 15 is 0 Å². The average Bonchev–Trinajstić information content (AvgIpc) is 4.09. The van der Waals surface area contributed by atoms with E-state index in [0.717, 1.165) is 30.1 Å². The van der Waals surface area contributed by atoms with E-state index < -0.39 is 43.3 Å². The molecule has 2 aliphatic rings. The molecule has 1 fully saturated rings. The minimum absolute atomic E-state index is 0.00792. The van der Waals surface area contributed by atoms with Gasteiger partial charge in [-0.2, -0.15) is 0 Å². The minimum Gasteiger partial charge on any atom is -0.458 e. The Morgan fingerprint density at radius 2 is 1.67 bits per heavy atom. The highest BCUT2D eigenvalue weighted by Gasteiger charge is 2.46. The molecule has 0 radical (unpaired) electrons. The van der Waals surface area contributed by atoms with Crippen LogP contribution in [0.2, 0.25) is 18.1 Å². The summed E-state index contributed by atoms with van der Waals surface area (Å²) in [6.45, 7) is 21.3. The Hall–Kier alpha value is -4.67. The molecule has 0 aliphatic carbocycles. The van der Waals surface area contributed by atoms with Crippen molar-refractivity contribution in [2.45, 2.75) is 162 Å². The van der Waals surface area contributed by atoms with Gasteiger partial charge < -0.3 is 37.6 Å². The number of nitro benzene ring substituents is 1. The maximum Gasteiger partial charge on any atom is 0.514 e. The van der Waals surface area contributed by atoms with Crippen LogP contribution in [0.25, 0.3) is 0 Å². The number of benzene rings is 2. The van der Waals surface area contributed by atoms with Gasteiger partial charge in [-0.3, -0.25) is 14.9 Å². The molecule has 4 rings (SSSR count).